The van der Waals surface area contributed by atoms with Gasteiger partial charge in [0.05, 0.1) is 5.56 Å². The van der Waals surface area contributed by atoms with E-state index < -0.39 is 24.1 Å². The Morgan fingerprint density at radius 3 is 2.63 bits per heavy atom. The van der Waals surface area contributed by atoms with Crippen LogP contribution < -0.4 is 0 Å². The zero-order chi connectivity index (χ0) is 19.4. The molecule has 0 unspecified atom stereocenters. The average molecular weight is 373 g/mol. The molecule has 1 aromatic rings. The summed E-state index contributed by atoms with van der Waals surface area (Å²) in [6.07, 6.45) is 3.82. The van der Waals surface area contributed by atoms with E-state index in [0.717, 1.165) is 31.2 Å². The second-order valence-electron chi connectivity index (χ2n) is 7.25. The van der Waals surface area contributed by atoms with Crippen molar-refractivity contribution in [2.75, 3.05) is 6.54 Å². The minimum Gasteiger partial charge on any atom is -0.450 e. The molecule has 0 N–H and O–H groups in total. The summed E-state index contributed by atoms with van der Waals surface area (Å²) in [7, 11) is 0. The Morgan fingerprint density at radius 2 is 1.93 bits per heavy atom. The van der Waals surface area contributed by atoms with Gasteiger partial charge in [-0.1, -0.05) is 37.5 Å². The number of nitrogens with zero attached hydrogens (tertiary/aromatic N) is 1. The van der Waals surface area contributed by atoms with E-state index in [2.05, 4.69) is 0 Å². The van der Waals surface area contributed by atoms with Gasteiger partial charge in [0.25, 0.3) is 5.91 Å². The van der Waals surface area contributed by atoms with Crippen molar-refractivity contribution >= 4 is 17.8 Å². The van der Waals surface area contributed by atoms with Gasteiger partial charge < -0.3 is 14.4 Å². The van der Waals surface area contributed by atoms with Crippen molar-refractivity contribution in [1.82, 2.24) is 4.90 Å². The minimum absolute atomic E-state index is 0.180. The largest absolute Gasteiger partial charge is 0.450 e. The van der Waals surface area contributed by atoms with Crippen LogP contribution in [0.15, 0.2) is 24.3 Å². The van der Waals surface area contributed by atoms with Crippen LogP contribution in [0.2, 0.25) is 0 Å². The van der Waals surface area contributed by atoms with Crippen LogP contribution >= 0.6 is 0 Å². The van der Waals surface area contributed by atoms with Crippen LogP contribution in [0.25, 0.3) is 0 Å². The molecule has 3 rings (SSSR count). The molecule has 0 saturated heterocycles. The maximum Gasteiger partial charge on any atom is 0.348 e. The van der Waals surface area contributed by atoms with Crippen molar-refractivity contribution in [1.29, 1.82) is 0 Å². The number of carbonyl (C=O) groups excluding carboxylic acids is 3. The fourth-order valence-corrected chi connectivity index (χ4v) is 3.98. The van der Waals surface area contributed by atoms with Gasteiger partial charge in [-0.3, -0.25) is 4.79 Å². The Kier molecular flexibility index (Phi) is 6.14. The number of ether oxygens (including phenoxy) is 2. The van der Waals surface area contributed by atoms with Gasteiger partial charge in [0, 0.05) is 19.0 Å². The summed E-state index contributed by atoms with van der Waals surface area (Å²) in [5.74, 6) is -1.38. The van der Waals surface area contributed by atoms with E-state index in [-0.39, 0.29) is 18.4 Å². The quantitative estimate of drug-likeness (QED) is 0.742. The van der Waals surface area contributed by atoms with Crippen molar-refractivity contribution in [3.63, 3.8) is 0 Å². The summed E-state index contributed by atoms with van der Waals surface area (Å²) in [4.78, 5) is 39.2. The lowest BCUT2D eigenvalue weighted by molar-refractivity contribution is -0.167. The molecule has 6 heteroatoms. The van der Waals surface area contributed by atoms with Gasteiger partial charge in [-0.2, -0.15) is 0 Å². The monoisotopic (exact) mass is 373 g/mol. The van der Waals surface area contributed by atoms with Crippen molar-refractivity contribution in [3.8, 4) is 0 Å². The SMILES string of the molecule is CCN(C(=O)[C@H](C)OC(=O)[C@@H]1Cc2ccccc2C(=O)O1)C1CCCCC1. The Labute approximate surface area is 159 Å². The lowest BCUT2D eigenvalue weighted by Gasteiger charge is -2.35. The number of hydrogen-bond donors (Lipinski definition) is 0. The van der Waals surface area contributed by atoms with Crippen LogP contribution in [0.3, 0.4) is 0 Å². The third-order valence-electron chi connectivity index (χ3n) is 5.43. The number of hydrogen-bond acceptors (Lipinski definition) is 5. The second-order valence-corrected chi connectivity index (χ2v) is 7.25. The van der Waals surface area contributed by atoms with Crippen LogP contribution in [0.5, 0.6) is 0 Å². The number of likely N-dealkylation sites (N-methyl/N-ethyl adjacent to an activating group) is 1. The maximum absolute atomic E-state index is 12.8. The maximum atomic E-state index is 12.8. The predicted molar refractivity (Wildman–Crippen MR) is 99.2 cm³/mol. The third-order valence-corrected chi connectivity index (χ3v) is 5.43. The number of fused-ring (bicyclic) bond motifs is 1. The highest BCUT2D eigenvalue weighted by molar-refractivity contribution is 5.95. The van der Waals surface area contributed by atoms with Crippen LogP contribution in [0.1, 0.15) is 61.9 Å². The van der Waals surface area contributed by atoms with Gasteiger partial charge in [-0.15, -0.1) is 0 Å². The first-order valence-electron chi connectivity index (χ1n) is 9.81. The molecule has 2 atom stereocenters. The zero-order valence-electron chi connectivity index (χ0n) is 16.0. The molecule has 2 aliphatic rings. The minimum atomic E-state index is -1.01. The van der Waals surface area contributed by atoms with Gasteiger partial charge in [0.1, 0.15) is 0 Å². The zero-order valence-corrected chi connectivity index (χ0v) is 16.0. The Hall–Kier alpha value is -2.37. The molecule has 0 aromatic heterocycles. The first kappa shape index (κ1) is 19.4. The molecular weight excluding hydrogens is 346 g/mol. The van der Waals surface area contributed by atoms with Crippen molar-refractivity contribution in [2.45, 2.75) is 70.6 Å². The predicted octanol–water partition coefficient (Wildman–Crippen LogP) is 2.88. The van der Waals surface area contributed by atoms with Crippen LogP contribution in [-0.2, 0) is 25.5 Å². The molecular formula is C21H27NO5. The van der Waals surface area contributed by atoms with Crippen molar-refractivity contribution in [2.24, 2.45) is 0 Å². The number of rotatable bonds is 5. The lowest BCUT2D eigenvalue weighted by Crippen LogP contribution is -2.47. The molecule has 1 heterocycles. The summed E-state index contributed by atoms with van der Waals surface area (Å²) in [6, 6.07) is 7.26. The summed E-state index contributed by atoms with van der Waals surface area (Å²) in [5, 5.41) is 0. The second kappa shape index (κ2) is 8.55. The van der Waals surface area contributed by atoms with E-state index in [9.17, 15) is 14.4 Å². The highest BCUT2D eigenvalue weighted by Gasteiger charge is 2.35. The smallest absolute Gasteiger partial charge is 0.348 e. The third kappa shape index (κ3) is 4.31. The molecule has 1 aliphatic heterocycles. The molecule has 1 aliphatic carbocycles. The standard InChI is InChI=1S/C21H27NO5/c1-3-22(16-10-5-4-6-11-16)19(23)14(2)26-21(25)18-13-15-9-7-8-12-17(15)20(24)27-18/h7-9,12,14,16,18H,3-6,10-11,13H2,1-2H3/t14-,18-/m0/s1. The highest BCUT2D eigenvalue weighted by atomic mass is 16.6. The van der Waals surface area contributed by atoms with E-state index in [1.54, 1.807) is 25.1 Å². The van der Waals surface area contributed by atoms with Crippen LogP contribution in [-0.4, -0.2) is 47.5 Å². The fourth-order valence-electron chi connectivity index (χ4n) is 3.98. The molecule has 0 spiro atoms. The number of cyclic esters (lactones) is 1. The Balaban J connectivity index is 1.61. The van der Waals surface area contributed by atoms with E-state index >= 15 is 0 Å². The van der Waals surface area contributed by atoms with Gasteiger partial charge >= 0.3 is 11.9 Å². The topological polar surface area (TPSA) is 72.9 Å². The fraction of sp³-hybridized carbons (Fsp3) is 0.571. The molecule has 1 fully saturated rings. The van der Waals surface area contributed by atoms with Gasteiger partial charge in [-0.25, -0.2) is 9.59 Å². The molecule has 146 valence electrons. The molecule has 6 nitrogen and oxygen atoms in total. The number of esters is 2. The molecule has 27 heavy (non-hydrogen) atoms. The molecule has 0 bridgehead atoms. The Bertz CT molecular complexity index is 710. The van der Waals surface area contributed by atoms with Gasteiger partial charge in [-0.05, 0) is 38.3 Å². The first-order valence-corrected chi connectivity index (χ1v) is 9.81. The normalized spacial score (nSPS) is 21.0. The number of benzene rings is 1. The molecule has 0 radical (unpaired) electrons. The number of carbonyl (C=O) groups is 3. The van der Waals surface area contributed by atoms with Crippen molar-refractivity contribution < 1.29 is 23.9 Å². The summed E-state index contributed by atoms with van der Waals surface area (Å²) in [5.41, 5.74) is 1.23. The van der Waals surface area contributed by atoms with Gasteiger partial charge in [0.15, 0.2) is 6.10 Å². The highest BCUT2D eigenvalue weighted by Crippen LogP contribution is 2.24. The van der Waals surface area contributed by atoms with Crippen molar-refractivity contribution in [3.05, 3.63) is 35.4 Å². The van der Waals surface area contributed by atoms with E-state index in [4.69, 9.17) is 9.47 Å². The average Bonchev–Trinajstić information content (AvgIpc) is 2.69. The van der Waals surface area contributed by atoms with Crippen LogP contribution in [0, 0.1) is 0 Å². The molecule has 1 aromatic carbocycles. The summed E-state index contributed by atoms with van der Waals surface area (Å²) >= 11 is 0. The lowest BCUT2D eigenvalue weighted by atomic mass is 9.94. The Morgan fingerprint density at radius 1 is 1.22 bits per heavy atom. The van der Waals surface area contributed by atoms with Crippen LogP contribution in [0.4, 0.5) is 0 Å². The first-order chi connectivity index (χ1) is 13.0. The van der Waals surface area contributed by atoms with E-state index in [1.165, 1.54) is 6.42 Å². The summed E-state index contributed by atoms with van der Waals surface area (Å²) in [6.45, 7) is 4.13. The molecule has 1 amide bonds. The van der Waals surface area contributed by atoms with Gasteiger partial charge in [0.2, 0.25) is 6.10 Å². The number of amides is 1. The van der Waals surface area contributed by atoms with E-state index in [0.29, 0.717) is 12.1 Å². The molecule has 1 saturated carbocycles. The summed E-state index contributed by atoms with van der Waals surface area (Å²) < 4.78 is 10.6. The van der Waals surface area contributed by atoms with E-state index in [1.807, 2.05) is 17.9 Å².